The molecule has 2 aromatic heterocycles. The van der Waals surface area contributed by atoms with E-state index in [0.29, 0.717) is 0 Å². The highest BCUT2D eigenvalue weighted by molar-refractivity contribution is 7.18. The second-order valence-corrected chi connectivity index (χ2v) is 6.42. The highest BCUT2D eigenvalue weighted by Gasteiger charge is 2.32. The van der Waals surface area contributed by atoms with E-state index < -0.39 is 0 Å². The molecule has 0 spiro atoms. The van der Waals surface area contributed by atoms with Crippen molar-refractivity contribution in [2.24, 2.45) is 0 Å². The third-order valence-electron chi connectivity index (χ3n) is 3.93. The molecule has 0 N–H and O–H groups in total. The van der Waals surface area contributed by atoms with Gasteiger partial charge in [0, 0.05) is 6.54 Å². The van der Waals surface area contributed by atoms with E-state index >= 15 is 0 Å². The first kappa shape index (κ1) is 13.4. The molecule has 1 aliphatic heterocycles. The van der Waals surface area contributed by atoms with Gasteiger partial charge in [0.05, 0.1) is 16.3 Å². The summed E-state index contributed by atoms with van der Waals surface area (Å²) < 4.78 is 2.74. The van der Waals surface area contributed by atoms with E-state index in [1.165, 1.54) is 11.0 Å². The lowest BCUT2D eigenvalue weighted by molar-refractivity contribution is -0.133. The van der Waals surface area contributed by atoms with Gasteiger partial charge in [-0.2, -0.15) is 5.10 Å². The number of benzene rings is 1. The van der Waals surface area contributed by atoms with Crippen molar-refractivity contribution in [3.8, 4) is 0 Å². The summed E-state index contributed by atoms with van der Waals surface area (Å²) in [7, 11) is 0. The Balaban J connectivity index is 1.58. The zero-order chi connectivity index (χ0) is 14.9. The zero-order valence-electron chi connectivity index (χ0n) is 11.9. The number of amides is 1. The first-order valence-electron chi connectivity index (χ1n) is 7.28. The van der Waals surface area contributed by atoms with Crippen molar-refractivity contribution in [3.05, 3.63) is 41.9 Å². The molecule has 1 amide bonds. The Morgan fingerprint density at radius 2 is 2.27 bits per heavy atom. The molecule has 0 radical (unpaired) electrons. The standard InChI is InChI=1S/C15H15N5OS/c21-14(8-19-10-16-9-17-19)20-7-3-5-12(20)15-18-11-4-1-2-6-13(11)22-15/h1-2,4,6,9-10,12H,3,5,7-8H2. The fourth-order valence-corrected chi connectivity index (χ4v) is 4.01. The number of nitrogens with zero attached hydrogens (tertiary/aromatic N) is 5. The van der Waals surface area contributed by atoms with Crippen LogP contribution in [0.1, 0.15) is 23.9 Å². The smallest absolute Gasteiger partial charge is 0.244 e. The largest absolute Gasteiger partial charge is 0.332 e. The predicted octanol–water partition coefficient (Wildman–Crippen LogP) is 2.25. The van der Waals surface area contributed by atoms with Gasteiger partial charge >= 0.3 is 0 Å². The van der Waals surface area contributed by atoms with Crippen LogP contribution in [0.15, 0.2) is 36.9 Å². The number of rotatable bonds is 3. The molecule has 1 fully saturated rings. The number of fused-ring (bicyclic) bond motifs is 1. The van der Waals surface area contributed by atoms with Crippen molar-refractivity contribution in [1.29, 1.82) is 0 Å². The molecule has 22 heavy (non-hydrogen) atoms. The summed E-state index contributed by atoms with van der Waals surface area (Å²) in [5.41, 5.74) is 1.01. The van der Waals surface area contributed by atoms with Crippen molar-refractivity contribution >= 4 is 27.5 Å². The van der Waals surface area contributed by atoms with E-state index in [1.54, 1.807) is 22.3 Å². The van der Waals surface area contributed by atoms with Crippen LogP contribution >= 0.6 is 11.3 Å². The van der Waals surface area contributed by atoms with Crippen molar-refractivity contribution in [2.75, 3.05) is 6.54 Å². The van der Waals surface area contributed by atoms with Gasteiger partial charge < -0.3 is 4.90 Å². The number of hydrogen-bond acceptors (Lipinski definition) is 5. The van der Waals surface area contributed by atoms with Crippen LogP contribution in [0.5, 0.6) is 0 Å². The van der Waals surface area contributed by atoms with Crippen LogP contribution < -0.4 is 0 Å². The van der Waals surface area contributed by atoms with Crippen LogP contribution in [0, 0.1) is 0 Å². The summed E-state index contributed by atoms with van der Waals surface area (Å²) >= 11 is 1.68. The number of hydrogen-bond donors (Lipinski definition) is 0. The third kappa shape index (κ3) is 2.37. The van der Waals surface area contributed by atoms with Crippen LogP contribution in [0.25, 0.3) is 10.2 Å². The summed E-state index contributed by atoms with van der Waals surface area (Å²) in [6.45, 7) is 1.02. The topological polar surface area (TPSA) is 63.9 Å². The van der Waals surface area contributed by atoms with Gasteiger partial charge in [-0.15, -0.1) is 11.3 Å². The Labute approximate surface area is 131 Å². The highest BCUT2D eigenvalue weighted by Crippen LogP contribution is 2.36. The molecule has 112 valence electrons. The lowest BCUT2D eigenvalue weighted by atomic mass is 10.2. The predicted molar refractivity (Wildman–Crippen MR) is 83.3 cm³/mol. The summed E-state index contributed by atoms with van der Waals surface area (Å²) in [5, 5.41) is 5.04. The first-order valence-corrected chi connectivity index (χ1v) is 8.10. The number of para-hydroxylation sites is 1. The van der Waals surface area contributed by atoms with Gasteiger partial charge in [-0.3, -0.25) is 4.79 Å². The van der Waals surface area contributed by atoms with Gasteiger partial charge in [0.15, 0.2) is 0 Å². The van der Waals surface area contributed by atoms with Crippen LogP contribution in [0.4, 0.5) is 0 Å². The molecule has 1 aliphatic rings. The SMILES string of the molecule is O=C(Cn1cncn1)N1CCCC1c1nc2ccccc2s1. The Kier molecular flexibility index (Phi) is 3.34. The molecule has 0 bridgehead atoms. The molecule has 3 aromatic rings. The molecule has 1 unspecified atom stereocenters. The molecule has 1 aromatic carbocycles. The van der Waals surface area contributed by atoms with Crippen LogP contribution in [0.3, 0.4) is 0 Å². The first-order chi connectivity index (χ1) is 10.8. The van der Waals surface area contributed by atoms with Crippen molar-refractivity contribution in [2.45, 2.75) is 25.4 Å². The maximum absolute atomic E-state index is 12.5. The lowest BCUT2D eigenvalue weighted by Crippen LogP contribution is -2.33. The number of thiazole rings is 1. The number of carbonyl (C=O) groups excluding carboxylic acids is 1. The van der Waals surface area contributed by atoms with Crippen LogP contribution in [0.2, 0.25) is 0 Å². The molecular weight excluding hydrogens is 298 g/mol. The monoisotopic (exact) mass is 313 g/mol. The van der Waals surface area contributed by atoms with Crippen molar-refractivity contribution in [3.63, 3.8) is 0 Å². The minimum atomic E-state index is 0.0762. The summed E-state index contributed by atoms with van der Waals surface area (Å²) in [4.78, 5) is 23.0. The maximum Gasteiger partial charge on any atom is 0.244 e. The average Bonchev–Trinajstić information content (AvgIpc) is 3.26. The minimum absolute atomic E-state index is 0.0762. The van der Waals surface area contributed by atoms with E-state index in [9.17, 15) is 4.79 Å². The second kappa shape index (κ2) is 5.49. The lowest BCUT2D eigenvalue weighted by Gasteiger charge is -2.22. The molecule has 6 nitrogen and oxygen atoms in total. The Bertz CT molecular complexity index is 764. The number of likely N-dealkylation sites (tertiary alicyclic amines) is 1. The normalized spacial score (nSPS) is 18.2. The van der Waals surface area contributed by atoms with Crippen LogP contribution in [-0.4, -0.2) is 37.1 Å². The second-order valence-electron chi connectivity index (χ2n) is 5.36. The number of carbonyl (C=O) groups is 1. The molecule has 3 heterocycles. The van der Waals surface area contributed by atoms with Crippen LogP contribution in [-0.2, 0) is 11.3 Å². The van der Waals surface area contributed by atoms with Crippen molar-refractivity contribution in [1.82, 2.24) is 24.6 Å². The molecule has 1 atom stereocenters. The van der Waals surface area contributed by atoms with Gasteiger partial charge in [0.2, 0.25) is 5.91 Å². The fourth-order valence-electron chi connectivity index (χ4n) is 2.90. The van der Waals surface area contributed by atoms with E-state index in [2.05, 4.69) is 16.1 Å². The van der Waals surface area contributed by atoms with Gasteiger partial charge in [-0.1, -0.05) is 12.1 Å². The van der Waals surface area contributed by atoms with E-state index in [1.807, 2.05) is 23.1 Å². The summed E-state index contributed by atoms with van der Waals surface area (Å²) in [5.74, 6) is 0.0762. The van der Waals surface area contributed by atoms with E-state index in [4.69, 9.17) is 4.98 Å². The Morgan fingerprint density at radius 1 is 1.36 bits per heavy atom. The average molecular weight is 313 g/mol. The van der Waals surface area contributed by atoms with Crippen molar-refractivity contribution < 1.29 is 4.79 Å². The number of aromatic nitrogens is 4. The zero-order valence-corrected chi connectivity index (χ0v) is 12.7. The fraction of sp³-hybridized carbons (Fsp3) is 0.333. The summed E-state index contributed by atoms with van der Waals surface area (Å²) in [6, 6.07) is 8.20. The van der Waals surface area contributed by atoms with Gasteiger partial charge in [-0.05, 0) is 25.0 Å². The molecule has 7 heteroatoms. The Hall–Kier alpha value is -2.28. The Morgan fingerprint density at radius 3 is 3.09 bits per heavy atom. The molecule has 0 aliphatic carbocycles. The van der Waals surface area contributed by atoms with Gasteiger partial charge in [0.25, 0.3) is 0 Å². The summed E-state index contributed by atoms with van der Waals surface area (Å²) in [6.07, 6.45) is 5.01. The third-order valence-corrected chi connectivity index (χ3v) is 5.07. The van der Waals surface area contributed by atoms with Gasteiger partial charge in [-0.25, -0.2) is 14.6 Å². The minimum Gasteiger partial charge on any atom is -0.332 e. The van der Waals surface area contributed by atoms with E-state index in [0.717, 1.165) is 29.9 Å². The maximum atomic E-state index is 12.5. The molecule has 0 saturated carbocycles. The molecule has 4 rings (SSSR count). The van der Waals surface area contributed by atoms with Gasteiger partial charge in [0.1, 0.15) is 24.2 Å². The quantitative estimate of drug-likeness (QED) is 0.744. The van der Waals surface area contributed by atoms with E-state index in [-0.39, 0.29) is 18.5 Å². The highest BCUT2D eigenvalue weighted by atomic mass is 32.1. The molecular formula is C15H15N5OS. The molecule has 1 saturated heterocycles.